The molecule has 0 amide bonds. The highest BCUT2D eigenvalue weighted by Gasteiger charge is 2.36. The molecule has 2 rings (SSSR count). The molecule has 1 fully saturated rings. The quantitative estimate of drug-likeness (QED) is 0.827. The highest BCUT2D eigenvalue weighted by molar-refractivity contribution is 5.33. The Morgan fingerprint density at radius 2 is 1.72 bits per heavy atom. The Balaban J connectivity index is 2.04. The van der Waals surface area contributed by atoms with Crippen molar-refractivity contribution in [3.8, 4) is 5.75 Å². The molecule has 3 atom stereocenters. The van der Waals surface area contributed by atoms with Crippen molar-refractivity contribution in [1.29, 1.82) is 0 Å². The summed E-state index contributed by atoms with van der Waals surface area (Å²) in [7, 11) is 3.35. The lowest BCUT2D eigenvalue weighted by molar-refractivity contribution is -0.0157. The van der Waals surface area contributed by atoms with E-state index in [0.717, 1.165) is 18.4 Å². The summed E-state index contributed by atoms with van der Waals surface area (Å²) in [4.78, 5) is 0. The third-order valence-corrected chi connectivity index (χ3v) is 3.45. The van der Waals surface area contributed by atoms with Crippen molar-refractivity contribution in [2.45, 2.75) is 38.1 Å². The van der Waals surface area contributed by atoms with Crippen LogP contribution in [0.15, 0.2) is 18.2 Å². The number of rotatable bonds is 4. The van der Waals surface area contributed by atoms with Gasteiger partial charge in [0.05, 0.1) is 12.2 Å². The molecule has 0 saturated heterocycles. The van der Waals surface area contributed by atoms with Gasteiger partial charge < -0.3 is 14.2 Å². The number of hydrogen-bond donors (Lipinski definition) is 0. The molecule has 1 saturated carbocycles. The molecule has 0 aliphatic heterocycles. The second-order valence-electron chi connectivity index (χ2n) is 4.67. The van der Waals surface area contributed by atoms with Gasteiger partial charge in [0.15, 0.2) is 0 Å². The van der Waals surface area contributed by atoms with Crippen LogP contribution in [0.3, 0.4) is 0 Å². The van der Waals surface area contributed by atoms with Crippen LogP contribution in [0.5, 0.6) is 5.75 Å². The molecular weight excluding hydrogens is 235 g/mol. The van der Waals surface area contributed by atoms with E-state index in [2.05, 4.69) is 0 Å². The molecule has 0 unspecified atom stereocenters. The van der Waals surface area contributed by atoms with Crippen molar-refractivity contribution in [1.82, 2.24) is 0 Å². The minimum atomic E-state index is -0.278. The molecule has 3 nitrogen and oxygen atoms in total. The maximum Gasteiger partial charge on any atom is 0.126 e. The van der Waals surface area contributed by atoms with Crippen LogP contribution < -0.4 is 4.74 Å². The third-order valence-electron chi connectivity index (χ3n) is 3.45. The Morgan fingerprint density at radius 1 is 1.11 bits per heavy atom. The Hall–Kier alpha value is -1.13. The first-order valence-corrected chi connectivity index (χ1v) is 6.12. The van der Waals surface area contributed by atoms with E-state index in [1.54, 1.807) is 20.3 Å². The lowest BCUT2D eigenvalue weighted by atomic mass is 10.2. The van der Waals surface area contributed by atoms with Crippen LogP contribution in [0.4, 0.5) is 4.39 Å². The summed E-state index contributed by atoms with van der Waals surface area (Å²) in [6.45, 7) is 1.91. The number of halogens is 1. The molecule has 100 valence electrons. The molecule has 4 heteroatoms. The van der Waals surface area contributed by atoms with E-state index >= 15 is 0 Å². The number of hydrogen-bond acceptors (Lipinski definition) is 3. The van der Waals surface area contributed by atoms with Crippen molar-refractivity contribution in [3.63, 3.8) is 0 Å². The van der Waals surface area contributed by atoms with Gasteiger partial charge in [0.2, 0.25) is 0 Å². The second kappa shape index (κ2) is 5.67. The number of aryl methyl sites for hydroxylation is 1. The predicted molar refractivity (Wildman–Crippen MR) is 66.4 cm³/mol. The molecule has 0 N–H and O–H groups in total. The summed E-state index contributed by atoms with van der Waals surface area (Å²) in [6.07, 6.45) is 1.65. The fraction of sp³-hybridized carbons (Fsp3) is 0.571. The Bertz CT molecular complexity index is 396. The maximum atomic E-state index is 13.2. The standard InChI is InChI=1S/C14H19FO3/c1-9-4-5-10(15)6-12(9)18-11-7-13(16-2)14(8-11)17-3/h4-6,11,13-14H,7-8H2,1-3H3/t11-,13+,14-. The summed E-state index contributed by atoms with van der Waals surface area (Å²) in [5.41, 5.74) is 0.936. The van der Waals surface area contributed by atoms with E-state index in [9.17, 15) is 4.39 Å². The normalized spacial score (nSPS) is 27.4. The molecular formula is C14H19FO3. The van der Waals surface area contributed by atoms with E-state index in [-0.39, 0.29) is 24.1 Å². The number of methoxy groups -OCH3 is 2. The first kappa shape index (κ1) is 13.3. The lowest BCUT2D eigenvalue weighted by Gasteiger charge is -2.15. The largest absolute Gasteiger partial charge is 0.490 e. The van der Waals surface area contributed by atoms with Gasteiger partial charge in [-0.3, -0.25) is 0 Å². The molecule has 1 aliphatic carbocycles. The molecule has 1 aromatic rings. The van der Waals surface area contributed by atoms with E-state index in [1.807, 2.05) is 6.92 Å². The molecule has 1 aromatic carbocycles. The molecule has 0 bridgehead atoms. The average molecular weight is 254 g/mol. The zero-order valence-electron chi connectivity index (χ0n) is 11.0. The van der Waals surface area contributed by atoms with Crippen LogP contribution in [0, 0.1) is 12.7 Å². The summed E-state index contributed by atoms with van der Waals surface area (Å²) in [6, 6.07) is 4.59. The Labute approximate surface area is 107 Å². The van der Waals surface area contributed by atoms with E-state index in [1.165, 1.54) is 12.1 Å². The molecule has 0 aromatic heterocycles. The molecule has 0 heterocycles. The molecule has 18 heavy (non-hydrogen) atoms. The zero-order chi connectivity index (χ0) is 13.1. The zero-order valence-corrected chi connectivity index (χ0v) is 11.0. The first-order valence-electron chi connectivity index (χ1n) is 6.12. The Kier molecular flexibility index (Phi) is 4.19. The van der Waals surface area contributed by atoms with Gasteiger partial charge in [0, 0.05) is 33.1 Å². The lowest BCUT2D eigenvalue weighted by Crippen LogP contribution is -2.23. The monoisotopic (exact) mass is 254 g/mol. The smallest absolute Gasteiger partial charge is 0.126 e. The van der Waals surface area contributed by atoms with Crippen LogP contribution in [0.25, 0.3) is 0 Å². The third kappa shape index (κ3) is 2.82. The fourth-order valence-electron chi connectivity index (χ4n) is 2.39. The first-order chi connectivity index (χ1) is 8.63. The van der Waals surface area contributed by atoms with E-state index in [0.29, 0.717) is 5.75 Å². The number of benzene rings is 1. The van der Waals surface area contributed by atoms with Gasteiger partial charge in [-0.2, -0.15) is 0 Å². The van der Waals surface area contributed by atoms with Crippen LogP contribution in [-0.2, 0) is 9.47 Å². The highest BCUT2D eigenvalue weighted by atomic mass is 19.1. The molecule has 0 spiro atoms. The van der Waals surface area contributed by atoms with E-state index < -0.39 is 0 Å². The number of ether oxygens (including phenoxy) is 3. The van der Waals surface area contributed by atoms with Crippen molar-refractivity contribution >= 4 is 0 Å². The van der Waals surface area contributed by atoms with Gasteiger partial charge in [-0.15, -0.1) is 0 Å². The SMILES string of the molecule is CO[C@H]1C[C@@H](Oc2cc(F)ccc2C)C[C@H]1OC. The second-order valence-corrected chi connectivity index (χ2v) is 4.67. The predicted octanol–water partition coefficient (Wildman–Crippen LogP) is 2.71. The molecule has 1 aliphatic rings. The maximum absolute atomic E-state index is 13.2. The topological polar surface area (TPSA) is 27.7 Å². The van der Waals surface area contributed by atoms with Gasteiger partial charge in [-0.05, 0) is 18.6 Å². The van der Waals surface area contributed by atoms with Gasteiger partial charge >= 0.3 is 0 Å². The fourth-order valence-corrected chi connectivity index (χ4v) is 2.39. The van der Waals surface area contributed by atoms with E-state index in [4.69, 9.17) is 14.2 Å². The minimum Gasteiger partial charge on any atom is -0.490 e. The van der Waals surface area contributed by atoms with Gasteiger partial charge in [0.1, 0.15) is 17.7 Å². The van der Waals surface area contributed by atoms with Crippen LogP contribution in [0.2, 0.25) is 0 Å². The van der Waals surface area contributed by atoms with Crippen LogP contribution >= 0.6 is 0 Å². The van der Waals surface area contributed by atoms with Crippen molar-refractivity contribution in [2.24, 2.45) is 0 Å². The Morgan fingerprint density at radius 3 is 2.28 bits per heavy atom. The van der Waals surface area contributed by atoms with Gasteiger partial charge in [0.25, 0.3) is 0 Å². The minimum absolute atomic E-state index is 0.0143. The summed E-state index contributed by atoms with van der Waals surface area (Å²) in [5.74, 6) is 0.326. The van der Waals surface area contributed by atoms with Crippen molar-refractivity contribution < 1.29 is 18.6 Å². The summed E-state index contributed by atoms with van der Waals surface area (Å²) < 4.78 is 29.7. The van der Waals surface area contributed by atoms with Gasteiger partial charge in [-0.25, -0.2) is 4.39 Å². The van der Waals surface area contributed by atoms with Crippen molar-refractivity contribution in [3.05, 3.63) is 29.6 Å². The van der Waals surface area contributed by atoms with Crippen molar-refractivity contribution in [2.75, 3.05) is 14.2 Å². The van der Waals surface area contributed by atoms with Crippen LogP contribution in [-0.4, -0.2) is 32.5 Å². The summed E-state index contributed by atoms with van der Waals surface area (Å²) >= 11 is 0. The average Bonchev–Trinajstić information content (AvgIpc) is 2.76. The molecule has 0 radical (unpaired) electrons. The van der Waals surface area contributed by atoms with Crippen LogP contribution in [0.1, 0.15) is 18.4 Å². The highest BCUT2D eigenvalue weighted by Crippen LogP contribution is 2.30. The summed E-state index contributed by atoms with van der Waals surface area (Å²) in [5, 5.41) is 0. The van der Waals surface area contributed by atoms with Gasteiger partial charge in [-0.1, -0.05) is 6.07 Å².